The molecule has 122 valence electrons. The zero-order valence-electron chi connectivity index (χ0n) is 13.3. The van der Waals surface area contributed by atoms with Gasteiger partial charge in [-0.1, -0.05) is 54.9 Å². The molecule has 0 saturated heterocycles. The molecule has 0 aliphatic carbocycles. The molecule has 0 amide bonds. The van der Waals surface area contributed by atoms with Crippen LogP contribution in [0.2, 0.25) is 5.02 Å². The van der Waals surface area contributed by atoms with E-state index in [0.717, 1.165) is 22.8 Å². The van der Waals surface area contributed by atoms with E-state index in [1.54, 1.807) is 12.1 Å². The summed E-state index contributed by atoms with van der Waals surface area (Å²) in [6, 6.07) is 18.6. The molecule has 0 aromatic heterocycles. The summed E-state index contributed by atoms with van der Waals surface area (Å²) >= 11 is 6.17. The number of carbonyl (C=O) groups excluding carboxylic acids is 1. The van der Waals surface area contributed by atoms with Gasteiger partial charge in [0.2, 0.25) is 0 Å². The number of fused-ring (bicyclic) bond motifs is 1. The minimum atomic E-state index is -0.454. The molecule has 0 aliphatic rings. The molecule has 0 atom stereocenters. The van der Waals surface area contributed by atoms with Crippen LogP contribution in [0.5, 0.6) is 11.5 Å². The normalized spacial score (nSPS) is 10.6. The Labute approximate surface area is 145 Å². The Morgan fingerprint density at radius 2 is 1.79 bits per heavy atom. The van der Waals surface area contributed by atoms with Crippen molar-refractivity contribution in [1.82, 2.24) is 0 Å². The lowest BCUT2D eigenvalue weighted by Gasteiger charge is -2.10. The molecule has 0 N–H and O–H groups in total. The molecule has 4 heteroatoms. The van der Waals surface area contributed by atoms with Crippen molar-refractivity contribution < 1.29 is 14.3 Å². The Bertz CT molecular complexity index is 874. The Morgan fingerprint density at radius 1 is 1.00 bits per heavy atom. The Balaban J connectivity index is 1.70. The van der Waals surface area contributed by atoms with Crippen LogP contribution < -0.4 is 9.47 Å². The topological polar surface area (TPSA) is 35.5 Å². The minimum absolute atomic E-state index is 0.149. The van der Waals surface area contributed by atoms with E-state index in [-0.39, 0.29) is 6.61 Å². The summed E-state index contributed by atoms with van der Waals surface area (Å²) in [4.78, 5) is 12.1. The fourth-order valence-corrected chi connectivity index (χ4v) is 2.70. The second-order valence-electron chi connectivity index (χ2n) is 5.35. The number of esters is 1. The molecule has 3 aromatic carbocycles. The summed E-state index contributed by atoms with van der Waals surface area (Å²) in [6.07, 6.45) is 0.915. The van der Waals surface area contributed by atoms with Crippen LogP contribution in [0.25, 0.3) is 10.8 Å². The predicted octanol–water partition coefficient (Wildman–Crippen LogP) is 5.04. The molecule has 3 rings (SSSR count). The zero-order valence-corrected chi connectivity index (χ0v) is 14.0. The lowest BCUT2D eigenvalue weighted by atomic mass is 10.1. The van der Waals surface area contributed by atoms with Gasteiger partial charge in [0.05, 0.1) is 0 Å². The number of hydrogen-bond donors (Lipinski definition) is 0. The molecule has 3 nitrogen and oxygen atoms in total. The highest BCUT2D eigenvalue weighted by atomic mass is 35.5. The van der Waals surface area contributed by atoms with Crippen molar-refractivity contribution in [2.75, 3.05) is 6.61 Å². The maximum Gasteiger partial charge on any atom is 0.349 e. The largest absolute Gasteiger partial charge is 0.482 e. The van der Waals surface area contributed by atoms with Crippen molar-refractivity contribution in [3.63, 3.8) is 0 Å². The zero-order chi connectivity index (χ0) is 16.9. The van der Waals surface area contributed by atoms with Crippen molar-refractivity contribution in [1.29, 1.82) is 0 Å². The summed E-state index contributed by atoms with van der Waals surface area (Å²) in [5, 5.41) is 2.27. The highest BCUT2D eigenvalue weighted by Crippen LogP contribution is 2.31. The van der Waals surface area contributed by atoms with Crippen molar-refractivity contribution in [2.45, 2.75) is 13.3 Å². The van der Waals surface area contributed by atoms with E-state index in [1.807, 2.05) is 48.5 Å². The first-order valence-corrected chi connectivity index (χ1v) is 8.15. The predicted molar refractivity (Wildman–Crippen MR) is 95.9 cm³/mol. The molecular formula is C20H17ClO3. The van der Waals surface area contributed by atoms with Gasteiger partial charge in [0.15, 0.2) is 6.61 Å². The monoisotopic (exact) mass is 340 g/mol. The van der Waals surface area contributed by atoms with E-state index in [1.165, 1.54) is 0 Å². The lowest BCUT2D eigenvalue weighted by Crippen LogP contribution is -2.17. The van der Waals surface area contributed by atoms with E-state index in [2.05, 4.69) is 6.92 Å². The maximum absolute atomic E-state index is 12.1. The maximum atomic E-state index is 12.1. The van der Waals surface area contributed by atoms with Crippen LogP contribution in [0.15, 0.2) is 60.7 Å². The summed E-state index contributed by atoms with van der Waals surface area (Å²) in [6.45, 7) is 1.92. The smallest absolute Gasteiger partial charge is 0.349 e. The summed E-state index contributed by atoms with van der Waals surface area (Å²) < 4.78 is 11.0. The molecule has 24 heavy (non-hydrogen) atoms. The third-order valence-electron chi connectivity index (χ3n) is 3.72. The van der Waals surface area contributed by atoms with Gasteiger partial charge in [-0.3, -0.25) is 0 Å². The van der Waals surface area contributed by atoms with Crippen molar-refractivity contribution in [2.24, 2.45) is 0 Å². The molecule has 0 unspecified atom stereocenters. The van der Waals surface area contributed by atoms with Gasteiger partial charge < -0.3 is 9.47 Å². The Hall–Kier alpha value is -2.52. The van der Waals surface area contributed by atoms with Gasteiger partial charge in [-0.2, -0.15) is 0 Å². The summed E-state index contributed by atoms with van der Waals surface area (Å²) in [7, 11) is 0. The molecular weight excluding hydrogens is 324 g/mol. The third-order valence-corrected chi connectivity index (χ3v) is 4.05. The van der Waals surface area contributed by atoms with Crippen LogP contribution in [-0.2, 0) is 11.2 Å². The third kappa shape index (κ3) is 3.69. The second kappa shape index (κ2) is 7.37. The second-order valence-corrected chi connectivity index (χ2v) is 5.76. The molecule has 0 bridgehead atoms. The standard InChI is InChI=1S/C20H17ClO3/c1-2-14-6-5-7-15(12-14)23-13-20(22)24-19-11-10-18(21)16-8-3-4-9-17(16)19/h3-12H,2,13H2,1H3. The molecule has 3 aromatic rings. The van der Waals surface area contributed by atoms with Gasteiger partial charge in [-0.15, -0.1) is 0 Å². The van der Waals surface area contributed by atoms with Gasteiger partial charge in [0.1, 0.15) is 11.5 Å². The molecule has 0 fully saturated rings. The number of aryl methyl sites for hydroxylation is 1. The summed E-state index contributed by atoms with van der Waals surface area (Å²) in [5.41, 5.74) is 1.16. The fourth-order valence-electron chi connectivity index (χ4n) is 2.47. The average Bonchev–Trinajstić information content (AvgIpc) is 2.63. The number of ether oxygens (including phenoxy) is 2. The molecule has 0 spiro atoms. The van der Waals surface area contributed by atoms with Gasteiger partial charge in [0.25, 0.3) is 0 Å². The van der Waals surface area contributed by atoms with E-state index >= 15 is 0 Å². The van der Waals surface area contributed by atoms with Crippen LogP contribution in [-0.4, -0.2) is 12.6 Å². The molecule has 0 saturated carbocycles. The average molecular weight is 341 g/mol. The van der Waals surface area contributed by atoms with Crippen LogP contribution in [0, 0.1) is 0 Å². The van der Waals surface area contributed by atoms with Crippen molar-refractivity contribution in [3.05, 3.63) is 71.2 Å². The SMILES string of the molecule is CCc1cccc(OCC(=O)Oc2ccc(Cl)c3ccccc23)c1. The van der Waals surface area contributed by atoms with Gasteiger partial charge in [0, 0.05) is 15.8 Å². The number of benzene rings is 3. The highest BCUT2D eigenvalue weighted by Gasteiger charge is 2.11. The molecule has 0 heterocycles. The van der Waals surface area contributed by atoms with Gasteiger partial charge in [-0.05, 0) is 36.2 Å². The first-order chi connectivity index (χ1) is 11.7. The van der Waals surface area contributed by atoms with E-state index in [0.29, 0.717) is 16.5 Å². The van der Waals surface area contributed by atoms with Crippen molar-refractivity contribution >= 4 is 28.3 Å². The molecule has 0 aliphatic heterocycles. The van der Waals surface area contributed by atoms with Gasteiger partial charge >= 0.3 is 5.97 Å². The van der Waals surface area contributed by atoms with Crippen LogP contribution in [0.3, 0.4) is 0 Å². The van der Waals surface area contributed by atoms with Crippen LogP contribution in [0.4, 0.5) is 0 Å². The number of rotatable bonds is 5. The van der Waals surface area contributed by atoms with E-state index in [4.69, 9.17) is 21.1 Å². The number of carbonyl (C=O) groups is 1. The lowest BCUT2D eigenvalue weighted by molar-refractivity contribution is -0.136. The Kier molecular flexibility index (Phi) is 5.02. The number of halogens is 1. The van der Waals surface area contributed by atoms with Crippen molar-refractivity contribution in [3.8, 4) is 11.5 Å². The van der Waals surface area contributed by atoms with E-state index in [9.17, 15) is 4.79 Å². The van der Waals surface area contributed by atoms with Crippen LogP contribution >= 0.6 is 11.6 Å². The highest BCUT2D eigenvalue weighted by molar-refractivity contribution is 6.35. The van der Waals surface area contributed by atoms with Gasteiger partial charge in [-0.25, -0.2) is 4.79 Å². The number of hydrogen-bond acceptors (Lipinski definition) is 3. The first kappa shape index (κ1) is 16.3. The minimum Gasteiger partial charge on any atom is -0.482 e. The quantitative estimate of drug-likeness (QED) is 0.482. The van der Waals surface area contributed by atoms with Crippen LogP contribution in [0.1, 0.15) is 12.5 Å². The Morgan fingerprint density at radius 3 is 2.58 bits per heavy atom. The fraction of sp³-hybridized carbons (Fsp3) is 0.150. The first-order valence-electron chi connectivity index (χ1n) is 7.77. The summed E-state index contributed by atoms with van der Waals surface area (Å²) in [5.74, 6) is 0.683. The van der Waals surface area contributed by atoms with E-state index < -0.39 is 5.97 Å². The molecule has 0 radical (unpaired) electrons.